The van der Waals surface area contributed by atoms with Crippen LogP contribution >= 0.6 is 31.9 Å². The lowest BCUT2D eigenvalue weighted by Gasteiger charge is -2.08. The summed E-state index contributed by atoms with van der Waals surface area (Å²) >= 11 is 6.67. The Morgan fingerprint density at radius 2 is 1.94 bits per heavy atom. The number of halogens is 2. The minimum atomic E-state index is 0.0328. The zero-order chi connectivity index (χ0) is 12.1. The fourth-order valence-corrected chi connectivity index (χ4v) is 2.40. The molecule has 88 valence electrons. The van der Waals surface area contributed by atoms with Gasteiger partial charge in [-0.15, -0.1) is 0 Å². The first-order chi connectivity index (χ1) is 7.54. The molecule has 0 bridgehead atoms. The lowest BCUT2D eigenvalue weighted by Crippen LogP contribution is -2.11. The van der Waals surface area contributed by atoms with E-state index < -0.39 is 0 Å². The summed E-state index contributed by atoms with van der Waals surface area (Å²) in [4.78, 5) is 11.5. The number of carbonyl (C=O) groups is 1. The van der Waals surface area contributed by atoms with Crippen LogP contribution in [0.3, 0.4) is 0 Å². The maximum Gasteiger partial charge on any atom is 0.224 e. The highest BCUT2D eigenvalue weighted by molar-refractivity contribution is 9.11. The van der Waals surface area contributed by atoms with E-state index in [9.17, 15) is 4.79 Å². The highest BCUT2D eigenvalue weighted by Crippen LogP contribution is 2.31. The second-order valence-electron chi connectivity index (χ2n) is 3.51. The number of nitrogen functional groups attached to an aromatic ring is 1. The monoisotopic (exact) mass is 348 g/mol. The molecular formula is C11H14Br2N2O. The van der Waals surface area contributed by atoms with Crippen LogP contribution in [-0.4, -0.2) is 5.91 Å². The van der Waals surface area contributed by atoms with Gasteiger partial charge in [0.15, 0.2) is 0 Å². The van der Waals surface area contributed by atoms with E-state index in [1.54, 1.807) is 12.1 Å². The largest absolute Gasteiger partial charge is 0.397 e. The number of hydrogen-bond acceptors (Lipinski definition) is 2. The molecular weight excluding hydrogens is 336 g/mol. The van der Waals surface area contributed by atoms with Crippen LogP contribution in [0.25, 0.3) is 0 Å². The summed E-state index contributed by atoms with van der Waals surface area (Å²) in [6.07, 6.45) is 2.47. The van der Waals surface area contributed by atoms with Crippen LogP contribution in [0.15, 0.2) is 21.1 Å². The van der Waals surface area contributed by atoms with Crippen LogP contribution in [-0.2, 0) is 4.79 Å². The number of rotatable bonds is 4. The van der Waals surface area contributed by atoms with Gasteiger partial charge in [-0.2, -0.15) is 0 Å². The van der Waals surface area contributed by atoms with E-state index in [4.69, 9.17) is 5.73 Å². The van der Waals surface area contributed by atoms with Gasteiger partial charge in [0.1, 0.15) is 0 Å². The van der Waals surface area contributed by atoms with Crippen molar-refractivity contribution in [2.24, 2.45) is 0 Å². The molecule has 0 saturated heterocycles. The van der Waals surface area contributed by atoms with Gasteiger partial charge < -0.3 is 11.1 Å². The van der Waals surface area contributed by atoms with Crippen LogP contribution in [0.2, 0.25) is 0 Å². The highest BCUT2D eigenvalue weighted by atomic mass is 79.9. The van der Waals surface area contributed by atoms with E-state index in [1.807, 2.05) is 0 Å². The number of benzene rings is 1. The Kier molecular flexibility index (Phi) is 5.28. The Hall–Kier alpha value is -0.550. The fourth-order valence-electron chi connectivity index (χ4n) is 1.22. The SMILES string of the molecule is CCCCC(=O)Nc1cc(Br)c(N)c(Br)c1. The molecule has 1 aromatic rings. The van der Waals surface area contributed by atoms with Crippen LogP contribution < -0.4 is 11.1 Å². The quantitative estimate of drug-likeness (QED) is 0.809. The zero-order valence-electron chi connectivity index (χ0n) is 9.02. The number of unbranched alkanes of at least 4 members (excludes halogenated alkanes) is 1. The molecule has 1 amide bonds. The van der Waals surface area contributed by atoms with Gasteiger partial charge in [-0.25, -0.2) is 0 Å². The summed E-state index contributed by atoms with van der Waals surface area (Å²) in [5.41, 5.74) is 7.13. The van der Waals surface area contributed by atoms with E-state index >= 15 is 0 Å². The smallest absolute Gasteiger partial charge is 0.224 e. The van der Waals surface area contributed by atoms with E-state index in [2.05, 4.69) is 44.1 Å². The lowest BCUT2D eigenvalue weighted by atomic mass is 10.2. The van der Waals surface area contributed by atoms with Crippen molar-refractivity contribution < 1.29 is 4.79 Å². The molecule has 0 aliphatic rings. The third-order valence-corrected chi connectivity index (χ3v) is 3.43. The number of anilines is 2. The Labute approximate surface area is 112 Å². The minimum absolute atomic E-state index is 0.0328. The van der Waals surface area contributed by atoms with Gasteiger partial charge in [-0.3, -0.25) is 4.79 Å². The molecule has 0 saturated carbocycles. The summed E-state index contributed by atoms with van der Waals surface area (Å²) in [5.74, 6) is 0.0328. The maximum absolute atomic E-state index is 11.5. The molecule has 0 aliphatic heterocycles. The molecule has 3 N–H and O–H groups in total. The Bertz CT molecular complexity index is 371. The molecule has 0 radical (unpaired) electrons. The molecule has 0 atom stereocenters. The van der Waals surface area contributed by atoms with Crippen molar-refractivity contribution in [1.82, 2.24) is 0 Å². The van der Waals surface area contributed by atoms with Crippen LogP contribution in [0.5, 0.6) is 0 Å². The molecule has 0 heterocycles. The van der Waals surface area contributed by atoms with Crippen molar-refractivity contribution in [2.75, 3.05) is 11.1 Å². The molecule has 0 spiro atoms. The van der Waals surface area contributed by atoms with Crippen LogP contribution in [0, 0.1) is 0 Å². The van der Waals surface area contributed by atoms with Crippen molar-refractivity contribution in [1.29, 1.82) is 0 Å². The van der Waals surface area contributed by atoms with E-state index in [1.165, 1.54) is 0 Å². The van der Waals surface area contributed by atoms with Gasteiger partial charge >= 0.3 is 0 Å². The normalized spacial score (nSPS) is 10.2. The topological polar surface area (TPSA) is 55.1 Å². The number of hydrogen-bond donors (Lipinski definition) is 2. The molecule has 0 aliphatic carbocycles. The number of carbonyl (C=O) groups excluding carboxylic acids is 1. The Morgan fingerprint density at radius 3 is 2.44 bits per heavy atom. The first-order valence-corrected chi connectivity index (χ1v) is 6.67. The van der Waals surface area contributed by atoms with Gasteiger partial charge in [-0.05, 0) is 50.4 Å². The third-order valence-electron chi connectivity index (χ3n) is 2.12. The predicted octanol–water partition coefficient (Wildman–Crippen LogP) is 3.92. The summed E-state index contributed by atoms with van der Waals surface area (Å²) < 4.78 is 1.54. The third kappa shape index (κ3) is 3.79. The fraction of sp³-hybridized carbons (Fsp3) is 0.364. The van der Waals surface area contributed by atoms with Crippen molar-refractivity contribution >= 4 is 49.1 Å². The molecule has 16 heavy (non-hydrogen) atoms. The Morgan fingerprint density at radius 1 is 1.38 bits per heavy atom. The second kappa shape index (κ2) is 6.25. The molecule has 0 aromatic heterocycles. The van der Waals surface area contributed by atoms with Gasteiger partial charge in [-0.1, -0.05) is 13.3 Å². The van der Waals surface area contributed by atoms with Gasteiger partial charge in [0.25, 0.3) is 0 Å². The molecule has 1 aromatic carbocycles. The van der Waals surface area contributed by atoms with Crippen LogP contribution in [0.4, 0.5) is 11.4 Å². The van der Waals surface area contributed by atoms with Crippen LogP contribution in [0.1, 0.15) is 26.2 Å². The van der Waals surface area contributed by atoms with Gasteiger partial charge in [0, 0.05) is 21.1 Å². The summed E-state index contributed by atoms with van der Waals surface area (Å²) in [6.45, 7) is 2.06. The van der Waals surface area contributed by atoms with Crippen molar-refractivity contribution in [2.45, 2.75) is 26.2 Å². The summed E-state index contributed by atoms with van der Waals surface area (Å²) in [6, 6.07) is 3.59. The van der Waals surface area contributed by atoms with E-state index in [0.29, 0.717) is 12.1 Å². The molecule has 1 rings (SSSR count). The van der Waals surface area contributed by atoms with Crippen molar-refractivity contribution in [3.63, 3.8) is 0 Å². The highest BCUT2D eigenvalue weighted by Gasteiger charge is 2.06. The summed E-state index contributed by atoms with van der Waals surface area (Å²) in [7, 11) is 0. The van der Waals surface area contributed by atoms with E-state index in [-0.39, 0.29) is 5.91 Å². The lowest BCUT2D eigenvalue weighted by molar-refractivity contribution is -0.116. The van der Waals surface area contributed by atoms with Gasteiger partial charge in [0.05, 0.1) is 5.69 Å². The number of nitrogens with one attached hydrogen (secondary N) is 1. The number of amides is 1. The number of nitrogens with two attached hydrogens (primary N) is 1. The zero-order valence-corrected chi connectivity index (χ0v) is 12.2. The first-order valence-electron chi connectivity index (χ1n) is 5.09. The molecule has 5 heteroatoms. The molecule has 3 nitrogen and oxygen atoms in total. The Balaban J connectivity index is 2.71. The minimum Gasteiger partial charge on any atom is -0.397 e. The average Bonchev–Trinajstić information content (AvgIpc) is 2.23. The summed E-state index contributed by atoms with van der Waals surface area (Å²) in [5, 5.41) is 2.83. The maximum atomic E-state index is 11.5. The second-order valence-corrected chi connectivity index (χ2v) is 5.21. The van der Waals surface area contributed by atoms with Gasteiger partial charge in [0.2, 0.25) is 5.91 Å². The molecule has 0 fully saturated rings. The van der Waals surface area contributed by atoms with Crippen molar-refractivity contribution in [3.05, 3.63) is 21.1 Å². The van der Waals surface area contributed by atoms with E-state index in [0.717, 1.165) is 27.5 Å². The first kappa shape index (κ1) is 13.5. The predicted molar refractivity (Wildman–Crippen MR) is 74.4 cm³/mol. The average molecular weight is 350 g/mol. The van der Waals surface area contributed by atoms with Crippen molar-refractivity contribution in [3.8, 4) is 0 Å². The standard InChI is InChI=1S/C11H14Br2N2O/c1-2-3-4-10(16)15-7-5-8(12)11(14)9(13)6-7/h5-6H,2-4,14H2,1H3,(H,15,16). The molecule has 0 unspecified atom stereocenters.